The first-order chi connectivity index (χ1) is 19.3. The van der Waals surface area contributed by atoms with Crippen molar-refractivity contribution in [3.63, 3.8) is 0 Å². The van der Waals surface area contributed by atoms with Crippen molar-refractivity contribution < 1.29 is 14.3 Å². The maximum atomic E-state index is 12.7. The summed E-state index contributed by atoms with van der Waals surface area (Å²) in [7, 11) is 3.92. The SMILES string of the molecule is COc1cc(Nc2ncc(C3CC3)c(-c3cc(C)c4c(c3)N(C(C)C)C(=O)CO4)n2)ccc1C1CCN(C)CC1. The van der Waals surface area contributed by atoms with Crippen LogP contribution in [0.2, 0.25) is 0 Å². The van der Waals surface area contributed by atoms with E-state index in [1.54, 1.807) is 7.11 Å². The van der Waals surface area contributed by atoms with Gasteiger partial charge in [-0.2, -0.15) is 0 Å². The van der Waals surface area contributed by atoms with Gasteiger partial charge >= 0.3 is 0 Å². The average Bonchev–Trinajstić information content (AvgIpc) is 3.78. The molecule has 0 bridgehead atoms. The van der Waals surface area contributed by atoms with Crippen LogP contribution in [0.3, 0.4) is 0 Å². The van der Waals surface area contributed by atoms with Gasteiger partial charge in [-0.15, -0.1) is 0 Å². The van der Waals surface area contributed by atoms with Gasteiger partial charge in [-0.3, -0.25) is 4.79 Å². The van der Waals surface area contributed by atoms with Crippen molar-refractivity contribution >= 4 is 23.2 Å². The van der Waals surface area contributed by atoms with E-state index in [1.807, 2.05) is 31.9 Å². The lowest BCUT2D eigenvalue weighted by Crippen LogP contribution is -2.43. The number of aryl methyl sites for hydroxylation is 1. The molecule has 2 aromatic carbocycles. The van der Waals surface area contributed by atoms with Crippen molar-refractivity contribution in [1.82, 2.24) is 14.9 Å². The molecule has 3 aliphatic rings. The Labute approximate surface area is 236 Å². The van der Waals surface area contributed by atoms with E-state index in [2.05, 4.69) is 47.6 Å². The third-order valence-electron chi connectivity index (χ3n) is 8.40. The second-order valence-electron chi connectivity index (χ2n) is 11.7. The number of ether oxygens (including phenoxy) is 2. The van der Waals surface area contributed by atoms with Crippen molar-refractivity contribution in [2.75, 3.05) is 44.1 Å². The van der Waals surface area contributed by atoms with Crippen LogP contribution in [-0.4, -0.2) is 60.7 Å². The summed E-state index contributed by atoms with van der Waals surface area (Å²) in [6, 6.07) is 10.5. The molecule has 0 spiro atoms. The number of carbonyl (C=O) groups excluding carboxylic acids is 1. The molecule has 2 aliphatic heterocycles. The van der Waals surface area contributed by atoms with Crippen LogP contribution in [0.25, 0.3) is 11.3 Å². The number of aromatic nitrogens is 2. The number of anilines is 3. The Morgan fingerprint density at radius 1 is 1.05 bits per heavy atom. The van der Waals surface area contributed by atoms with Crippen LogP contribution in [0.1, 0.15) is 68.1 Å². The lowest BCUT2D eigenvalue weighted by atomic mass is 9.89. The molecule has 0 unspecified atom stereocenters. The fourth-order valence-electron chi connectivity index (χ4n) is 6.11. The van der Waals surface area contributed by atoms with Gasteiger partial charge in [0, 0.05) is 35.1 Å². The van der Waals surface area contributed by atoms with Crippen molar-refractivity contribution in [3.8, 4) is 22.8 Å². The normalized spacial score (nSPS) is 18.1. The van der Waals surface area contributed by atoms with E-state index in [1.165, 1.54) is 5.56 Å². The van der Waals surface area contributed by atoms with Gasteiger partial charge in [0.2, 0.25) is 5.95 Å². The third kappa shape index (κ3) is 5.12. The highest BCUT2D eigenvalue weighted by molar-refractivity contribution is 5.99. The Bertz CT molecular complexity index is 1430. The molecule has 1 saturated heterocycles. The molecule has 1 aliphatic carbocycles. The van der Waals surface area contributed by atoms with Crippen molar-refractivity contribution in [2.24, 2.45) is 0 Å². The molecule has 2 fully saturated rings. The lowest BCUT2D eigenvalue weighted by Gasteiger charge is -2.33. The van der Waals surface area contributed by atoms with Gasteiger partial charge in [0.1, 0.15) is 11.5 Å². The van der Waals surface area contributed by atoms with Crippen molar-refractivity contribution in [2.45, 2.75) is 64.3 Å². The highest BCUT2D eigenvalue weighted by Crippen LogP contribution is 2.46. The van der Waals surface area contributed by atoms with Crippen LogP contribution in [0.4, 0.5) is 17.3 Å². The first kappa shape index (κ1) is 26.6. The van der Waals surface area contributed by atoms with Gasteiger partial charge in [0.05, 0.1) is 18.5 Å². The molecule has 8 heteroatoms. The summed E-state index contributed by atoms with van der Waals surface area (Å²) in [5, 5.41) is 3.42. The molecule has 8 nitrogen and oxygen atoms in total. The topological polar surface area (TPSA) is 79.8 Å². The molecular weight excluding hydrogens is 502 g/mol. The number of hydrogen-bond donors (Lipinski definition) is 1. The van der Waals surface area contributed by atoms with Gasteiger partial charge in [0.25, 0.3) is 5.91 Å². The molecule has 3 aromatic rings. The minimum absolute atomic E-state index is 0.0239. The Balaban J connectivity index is 1.34. The summed E-state index contributed by atoms with van der Waals surface area (Å²) in [4.78, 5) is 26.7. The number of likely N-dealkylation sites (tertiary alicyclic amines) is 1. The second-order valence-corrected chi connectivity index (χ2v) is 11.7. The largest absolute Gasteiger partial charge is 0.496 e. The van der Waals surface area contributed by atoms with Crippen molar-refractivity contribution in [3.05, 3.63) is 53.2 Å². The van der Waals surface area contributed by atoms with Gasteiger partial charge in [-0.25, -0.2) is 9.97 Å². The maximum Gasteiger partial charge on any atom is 0.265 e. The average molecular weight is 542 g/mol. The number of nitrogens with zero attached hydrogens (tertiary/aromatic N) is 4. The summed E-state index contributed by atoms with van der Waals surface area (Å²) in [6.45, 7) is 8.38. The third-order valence-corrected chi connectivity index (χ3v) is 8.40. The van der Waals surface area contributed by atoms with E-state index in [0.717, 1.165) is 84.0 Å². The molecule has 1 saturated carbocycles. The highest BCUT2D eigenvalue weighted by atomic mass is 16.5. The van der Waals surface area contributed by atoms with Crippen LogP contribution in [0.5, 0.6) is 11.5 Å². The highest BCUT2D eigenvalue weighted by Gasteiger charge is 2.32. The number of methoxy groups -OCH3 is 1. The summed E-state index contributed by atoms with van der Waals surface area (Å²) >= 11 is 0. The smallest absolute Gasteiger partial charge is 0.265 e. The van der Waals surface area contributed by atoms with E-state index in [-0.39, 0.29) is 18.6 Å². The van der Waals surface area contributed by atoms with Crippen molar-refractivity contribution in [1.29, 1.82) is 0 Å². The number of fused-ring (bicyclic) bond motifs is 1. The zero-order valence-electron chi connectivity index (χ0n) is 24.2. The van der Waals surface area contributed by atoms with E-state index in [4.69, 9.17) is 19.4 Å². The molecule has 1 aromatic heterocycles. The minimum Gasteiger partial charge on any atom is -0.496 e. The molecular formula is C32H39N5O3. The molecule has 1 amide bonds. The summed E-state index contributed by atoms with van der Waals surface area (Å²) < 4.78 is 11.7. The van der Waals surface area contributed by atoms with Gasteiger partial charge in [-0.05, 0) is 108 Å². The monoisotopic (exact) mass is 541 g/mol. The number of rotatable bonds is 7. The molecule has 1 N–H and O–H groups in total. The maximum absolute atomic E-state index is 12.7. The van der Waals surface area contributed by atoms with Crippen LogP contribution < -0.4 is 19.7 Å². The predicted octanol–water partition coefficient (Wildman–Crippen LogP) is 6.02. The van der Waals surface area contributed by atoms with E-state index < -0.39 is 0 Å². The quantitative estimate of drug-likeness (QED) is 0.392. The molecule has 0 radical (unpaired) electrons. The Hall–Kier alpha value is -3.65. The van der Waals surface area contributed by atoms with E-state index in [0.29, 0.717) is 17.8 Å². The van der Waals surface area contributed by atoms with Crippen LogP contribution in [0, 0.1) is 6.92 Å². The number of amides is 1. The molecule has 6 rings (SSSR count). The number of nitrogens with one attached hydrogen (secondary N) is 1. The summed E-state index contributed by atoms with van der Waals surface area (Å²) in [5.74, 6) is 3.16. The molecule has 0 atom stereocenters. The number of hydrogen-bond acceptors (Lipinski definition) is 7. The Morgan fingerprint density at radius 2 is 1.80 bits per heavy atom. The number of benzene rings is 2. The van der Waals surface area contributed by atoms with Crippen LogP contribution >= 0.6 is 0 Å². The zero-order chi connectivity index (χ0) is 28.0. The number of carbonyl (C=O) groups is 1. The second kappa shape index (κ2) is 10.7. The fraction of sp³-hybridized carbons (Fsp3) is 0.469. The molecule has 40 heavy (non-hydrogen) atoms. The zero-order valence-corrected chi connectivity index (χ0v) is 24.2. The Kier molecular flexibility index (Phi) is 7.13. The Morgan fingerprint density at radius 3 is 2.50 bits per heavy atom. The molecule has 210 valence electrons. The van der Waals surface area contributed by atoms with Crippen LogP contribution in [-0.2, 0) is 4.79 Å². The van der Waals surface area contributed by atoms with Gasteiger partial charge in [0.15, 0.2) is 6.61 Å². The van der Waals surface area contributed by atoms with E-state index >= 15 is 0 Å². The van der Waals surface area contributed by atoms with E-state index in [9.17, 15) is 4.79 Å². The van der Waals surface area contributed by atoms with Gasteiger partial charge < -0.3 is 24.6 Å². The first-order valence-electron chi connectivity index (χ1n) is 14.4. The van der Waals surface area contributed by atoms with Gasteiger partial charge in [-0.1, -0.05) is 6.07 Å². The predicted molar refractivity (Wildman–Crippen MR) is 158 cm³/mol. The minimum atomic E-state index is -0.0239. The number of piperidine rings is 1. The van der Waals surface area contributed by atoms with Crippen LogP contribution in [0.15, 0.2) is 36.5 Å². The first-order valence-corrected chi connectivity index (χ1v) is 14.4. The summed E-state index contributed by atoms with van der Waals surface area (Å²) in [6.07, 6.45) is 6.52. The fourth-order valence-corrected chi connectivity index (χ4v) is 6.11. The standard InChI is InChI=1S/C32H39N5O3/c1-19(2)37-27-15-23(14-20(3)31(27)40-18-29(37)38)30-26(21-6-7-21)17-33-32(35-30)34-24-8-9-25(28(16-24)39-5)22-10-12-36(4)13-11-22/h8-9,14-17,19,21-22H,6-7,10-13,18H2,1-5H3,(H,33,34,35). The lowest BCUT2D eigenvalue weighted by molar-refractivity contribution is -0.121. The molecule has 3 heterocycles. The summed E-state index contributed by atoms with van der Waals surface area (Å²) in [5.41, 5.74) is 7.00.